The highest BCUT2D eigenvalue weighted by molar-refractivity contribution is 7.52. The molecule has 0 aliphatic carbocycles. The lowest BCUT2D eigenvalue weighted by Gasteiger charge is -1.86. The van der Waals surface area contributed by atoms with Gasteiger partial charge in [0.05, 0.1) is 0 Å². The Kier molecular flexibility index (Phi) is 2.13. The molecule has 1 aromatic heterocycles. The molecule has 0 amide bonds. The highest BCUT2D eigenvalue weighted by atomic mass is 31.1. The molecular formula is C7H9NOP+. The summed E-state index contributed by atoms with van der Waals surface area (Å²) in [5.41, 5.74) is 0.919. The van der Waals surface area contributed by atoms with Crippen LogP contribution in [0.4, 0.5) is 0 Å². The minimum atomic E-state index is -1.20. The second kappa shape index (κ2) is 2.89. The highest BCUT2D eigenvalue weighted by Crippen LogP contribution is 2.12. The molecule has 1 unspecified atom stereocenters. The van der Waals surface area contributed by atoms with Gasteiger partial charge in [0.25, 0.3) is 0 Å². The zero-order valence-corrected chi connectivity index (χ0v) is 6.93. The van der Waals surface area contributed by atoms with Gasteiger partial charge in [-0.2, -0.15) is 0 Å². The summed E-state index contributed by atoms with van der Waals surface area (Å²) in [4.78, 5) is 3.99. The Bertz CT molecular complexity index is 260. The maximum absolute atomic E-state index is 10.9. The van der Waals surface area contributed by atoms with Gasteiger partial charge in [-0.1, -0.05) is 4.57 Å². The van der Waals surface area contributed by atoms with E-state index in [1.807, 2.05) is 13.0 Å². The van der Waals surface area contributed by atoms with Gasteiger partial charge in [0.1, 0.15) is 6.66 Å². The average molecular weight is 154 g/mol. The summed E-state index contributed by atoms with van der Waals surface area (Å²) in [5, 5.41) is 0.877. The lowest BCUT2D eigenvalue weighted by molar-refractivity contribution is 0.596. The van der Waals surface area contributed by atoms with E-state index in [1.165, 1.54) is 0 Å². The van der Waals surface area contributed by atoms with Crippen molar-refractivity contribution < 1.29 is 4.57 Å². The fraction of sp³-hybridized carbons (Fsp3) is 0.286. The second-order valence-corrected chi connectivity index (χ2v) is 3.66. The molecule has 0 aromatic carbocycles. The SMILES string of the molecule is Cc1cc([P+](C)=O)ccn1. The highest BCUT2D eigenvalue weighted by Gasteiger charge is 2.10. The van der Waals surface area contributed by atoms with Gasteiger partial charge in [-0.25, -0.2) is 0 Å². The molecule has 1 atom stereocenters. The first kappa shape index (κ1) is 7.36. The molecule has 0 aliphatic rings. The van der Waals surface area contributed by atoms with E-state index in [4.69, 9.17) is 0 Å². The van der Waals surface area contributed by atoms with E-state index in [1.54, 1.807) is 18.9 Å². The van der Waals surface area contributed by atoms with Crippen LogP contribution in [0.25, 0.3) is 0 Å². The number of pyridine rings is 1. The molecule has 0 aliphatic heterocycles. The van der Waals surface area contributed by atoms with E-state index in [0.29, 0.717) is 0 Å². The number of aryl methyl sites for hydroxylation is 1. The van der Waals surface area contributed by atoms with Crippen molar-refractivity contribution in [2.75, 3.05) is 6.66 Å². The van der Waals surface area contributed by atoms with Gasteiger partial charge >= 0.3 is 7.80 Å². The minimum absolute atomic E-state index is 0.877. The molecule has 1 aromatic rings. The first-order valence-corrected chi connectivity index (χ1v) is 4.74. The first-order chi connectivity index (χ1) is 4.70. The van der Waals surface area contributed by atoms with Crippen molar-refractivity contribution in [1.82, 2.24) is 4.98 Å². The largest absolute Gasteiger partial charge is 0.373 e. The first-order valence-electron chi connectivity index (χ1n) is 3.03. The van der Waals surface area contributed by atoms with Crippen LogP contribution in [0, 0.1) is 6.92 Å². The Hall–Kier alpha value is -0.750. The number of aromatic nitrogens is 1. The van der Waals surface area contributed by atoms with E-state index in [9.17, 15) is 4.57 Å². The van der Waals surface area contributed by atoms with Crippen LogP contribution >= 0.6 is 7.80 Å². The summed E-state index contributed by atoms with van der Waals surface area (Å²) in [5.74, 6) is 0. The summed E-state index contributed by atoms with van der Waals surface area (Å²) in [6, 6.07) is 3.63. The third-order valence-corrected chi connectivity index (χ3v) is 2.25. The van der Waals surface area contributed by atoms with Crippen LogP contribution in [0.2, 0.25) is 0 Å². The topological polar surface area (TPSA) is 30.0 Å². The van der Waals surface area contributed by atoms with Crippen LogP contribution in [0.15, 0.2) is 18.3 Å². The van der Waals surface area contributed by atoms with E-state index in [0.717, 1.165) is 11.0 Å². The van der Waals surface area contributed by atoms with Crippen LogP contribution in [-0.4, -0.2) is 11.6 Å². The molecule has 0 N–H and O–H groups in total. The maximum atomic E-state index is 10.9. The molecule has 10 heavy (non-hydrogen) atoms. The Morgan fingerprint density at radius 2 is 2.30 bits per heavy atom. The van der Waals surface area contributed by atoms with Gasteiger partial charge < -0.3 is 0 Å². The molecular weight excluding hydrogens is 145 g/mol. The molecule has 1 heterocycles. The Morgan fingerprint density at radius 1 is 1.60 bits per heavy atom. The molecule has 52 valence electrons. The van der Waals surface area contributed by atoms with E-state index in [2.05, 4.69) is 4.98 Å². The normalized spacial score (nSPS) is 11.2. The molecule has 0 spiro atoms. The van der Waals surface area contributed by atoms with Gasteiger partial charge in [0.15, 0.2) is 5.30 Å². The Labute approximate surface area is 61.1 Å². The van der Waals surface area contributed by atoms with Crippen LogP contribution in [0.5, 0.6) is 0 Å². The quantitative estimate of drug-likeness (QED) is 0.573. The van der Waals surface area contributed by atoms with E-state index >= 15 is 0 Å². The maximum Gasteiger partial charge on any atom is 0.373 e. The monoisotopic (exact) mass is 154 g/mol. The van der Waals surface area contributed by atoms with Gasteiger partial charge in [-0.3, -0.25) is 4.98 Å². The molecule has 0 saturated heterocycles. The zero-order valence-electron chi connectivity index (χ0n) is 6.03. The lowest BCUT2D eigenvalue weighted by atomic mass is 10.4. The summed E-state index contributed by atoms with van der Waals surface area (Å²) in [7, 11) is -1.20. The van der Waals surface area contributed by atoms with Crippen molar-refractivity contribution in [3.63, 3.8) is 0 Å². The molecule has 3 heteroatoms. The molecule has 0 saturated carbocycles. The average Bonchev–Trinajstić information content (AvgIpc) is 1.88. The van der Waals surface area contributed by atoms with Crippen LogP contribution in [0.3, 0.4) is 0 Å². The summed E-state index contributed by atoms with van der Waals surface area (Å²) < 4.78 is 10.9. The van der Waals surface area contributed by atoms with Crippen molar-refractivity contribution in [3.8, 4) is 0 Å². The Morgan fingerprint density at radius 3 is 2.70 bits per heavy atom. The smallest absolute Gasteiger partial charge is 0.261 e. The van der Waals surface area contributed by atoms with Gasteiger partial charge in [-0.15, -0.1) is 0 Å². The van der Waals surface area contributed by atoms with Crippen LogP contribution in [-0.2, 0) is 4.57 Å². The fourth-order valence-corrected chi connectivity index (χ4v) is 1.37. The van der Waals surface area contributed by atoms with Crippen molar-refractivity contribution >= 4 is 13.1 Å². The van der Waals surface area contributed by atoms with Crippen molar-refractivity contribution in [2.45, 2.75) is 6.92 Å². The second-order valence-electron chi connectivity index (χ2n) is 2.15. The molecule has 2 nitrogen and oxygen atoms in total. The van der Waals surface area contributed by atoms with Crippen LogP contribution < -0.4 is 5.30 Å². The summed E-state index contributed by atoms with van der Waals surface area (Å²) in [6.45, 7) is 3.59. The van der Waals surface area contributed by atoms with Crippen molar-refractivity contribution in [1.29, 1.82) is 0 Å². The predicted molar refractivity (Wildman–Crippen MR) is 42.1 cm³/mol. The summed E-state index contributed by atoms with van der Waals surface area (Å²) >= 11 is 0. The third kappa shape index (κ3) is 1.61. The zero-order chi connectivity index (χ0) is 7.56. The van der Waals surface area contributed by atoms with Crippen molar-refractivity contribution in [2.24, 2.45) is 0 Å². The van der Waals surface area contributed by atoms with Gasteiger partial charge in [0, 0.05) is 24.0 Å². The fourth-order valence-electron chi connectivity index (χ4n) is 0.726. The summed E-state index contributed by atoms with van der Waals surface area (Å²) in [6.07, 6.45) is 1.68. The molecule has 0 bridgehead atoms. The number of nitrogens with zero attached hydrogens (tertiary/aromatic N) is 1. The van der Waals surface area contributed by atoms with E-state index < -0.39 is 7.80 Å². The molecule has 1 rings (SSSR count). The standard InChI is InChI=1S/C7H9NOP/c1-6-5-7(10(2)9)3-4-8-6/h3-5H,1-2H3/q+1. The Balaban J connectivity index is 3.07. The number of hydrogen-bond acceptors (Lipinski definition) is 2. The predicted octanol–water partition coefficient (Wildman–Crippen LogP) is 1.47. The molecule has 0 radical (unpaired) electrons. The minimum Gasteiger partial charge on any atom is -0.261 e. The molecule has 0 fully saturated rings. The van der Waals surface area contributed by atoms with Gasteiger partial charge in [0.2, 0.25) is 0 Å². The third-order valence-electron chi connectivity index (χ3n) is 1.24. The number of rotatable bonds is 1. The lowest BCUT2D eigenvalue weighted by Crippen LogP contribution is -1.96. The van der Waals surface area contributed by atoms with Crippen molar-refractivity contribution in [3.05, 3.63) is 24.0 Å². The van der Waals surface area contributed by atoms with Crippen LogP contribution in [0.1, 0.15) is 5.69 Å². The van der Waals surface area contributed by atoms with Gasteiger partial charge in [-0.05, 0) is 6.92 Å². The van der Waals surface area contributed by atoms with E-state index in [-0.39, 0.29) is 0 Å². The number of hydrogen-bond donors (Lipinski definition) is 0.